The molecule has 1 N–H and O–H groups in total. The van der Waals surface area contributed by atoms with E-state index in [1.165, 1.54) is 24.8 Å². The molecule has 21 heavy (non-hydrogen) atoms. The number of hydrogen-bond acceptors (Lipinski definition) is 2. The molecule has 1 heterocycles. The monoisotopic (exact) mass is 288 g/mol. The van der Waals surface area contributed by atoms with Crippen LogP contribution >= 0.6 is 0 Å². The smallest absolute Gasteiger partial charge is 0.0478 e. The van der Waals surface area contributed by atoms with E-state index in [-0.39, 0.29) is 11.1 Å². The maximum Gasteiger partial charge on any atom is 0.0478 e. The van der Waals surface area contributed by atoms with Crippen molar-refractivity contribution in [2.24, 2.45) is 0 Å². The fraction of sp³-hybridized carbons (Fsp3) is 0.684. The first-order valence-electron chi connectivity index (χ1n) is 8.48. The molecule has 1 aromatic rings. The van der Waals surface area contributed by atoms with E-state index in [0.717, 1.165) is 13.1 Å². The number of nitrogens with one attached hydrogen (secondary N) is 1. The lowest BCUT2D eigenvalue weighted by Gasteiger charge is -2.53. The number of hydrogen-bond donors (Lipinski definition) is 1. The Kier molecular flexibility index (Phi) is 5.11. The molecule has 0 bridgehead atoms. The first-order chi connectivity index (χ1) is 9.92. The van der Waals surface area contributed by atoms with Crippen LogP contribution in [0.4, 0.5) is 0 Å². The first-order valence-corrected chi connectivity index (χ1v) is 8.48. The molecule has 2 rings (SSSR count). The van der Waals surface area contributed by atoms with Crippen molar-refractivity contribution in [1.29, 1.82) is 0 Å². The molecule has 1 saturated heterocycles. The molecule has 1 fully saturated rings. The molecule has 0 amide bonds. The quantitative estimate of drug-likeness (QED) is 0.865. The van der Waals surface area contributed by atoms with Crippen molar-refractivity contribution in [2.75, 3.05) is 13.1 Å². The fourth-order valence-electron chi connectivity index (χ4n) is 3.60. The van der Waals surface area contributed by atoms with Crippen molar-refractivity contribution < 1.29 is 0 Å². The summed E-state index contributed by atoms with van der Waals surface area (Å²) in [6, 6.07) is 11.5. The van der Waals surface area contributed by atoms with Gasteiger partial charge < -0.3 is 5.32 Å². The van der Waals surface area contributed by atoms with Gasteiger partial charge in [-0.25, -0.2) is 0 Å². The van der Waals surface area contributed by atoms with E-state index in [0.29, 0.717) is 6.04 Å². The molecule has 2 unspecified atom stereocenters. The third-order valence-corrected chi connectivity index (χ3v) is 5.22. The van der Waals surface area contributed by atoms with Crippen molar-refractivity contribution in [3.8, 4) is 0 Å². The van der Waals surface area contributed by atoms with Crippen molar-refractivity contribution in [1.82, 2.24) is 10.2 Å². The summed E-state index contributed by atoms with van der Waals surface area (Å²) in [6.45, 7) is 13.9. The molecule has 0 saturated carbocycles. The topological polar surface area (TPSA) is 15.3 Å². The van der Waals surface area contributed by atoms with Gasteiger partial charge in [-0.1, -0.05) is 50.6 Å². The van der Waals surface area contributed by atoms with Gasteiger partial charge >= 0.3 is 0 Å². The molecular weight excluding hydrogens is 256 g/mol. The highest BCUT2D eigenvalue weighted by Crippen LogP contribution is 2.36. The third-order valence-electron chi connectivity index (χ3n) is 5.22. The average molecular weight is 288 g/mol. The fourth-order valence-corrected chi connectivity index (χ4v) is 3.60. The Bertz CT molecular complexity index is 440. The minimum atomic E-state index is 0.232. The molecule has 1 aliphatic rings. The van der Waals surface area contributed by atoms with E-state index in [4.69, 9.17) is 0 Å². The molecular formula is C19H32N2. The number of piperazine rings is 1. The van der Waals surface area contributed by atoms with Gasteiger partial charge in [-0.3, -0.25) is 4.90 Å². The second-order valence-corrected chi connectivity index (χ2v) is 7.41. The van der Waals surface area contributed by atoms with Gasteiger partial charge in [0.25, 0.3) is 0 Å². The second-order valence-electron chi connectivity index (χ2n) is 7.41. The highest BCUT2D eigenvalue weighted by molar-refractivity contribution is 5.21. The lowest BCUT2D eigenvalue weighted by molar-refractivity contribution is -0.00252. The molecule has 1 aliphatic heterocycles. The van der Waals surface area contributed by atoms with Crippen LogP contribution in [0.15, 0.2) is 30.3 Å². The van der Waals surface area contributed by atoms with Crippen molar-refractivity contribution in [2.45, 2.75) is 71.0 Å². The summed E-state index contributed by atoms with van der Waals surface area (Å²) in [5.74, 6) is 0. The van der Waals surface area contributed by atoms with Crippen LogP contribution in [0.25, 0.3) is 0 Å². The Labute approximate surface area is 130 Å². The number of benzene rings is 1. The number of rotatable bonds is 5. The predicted octanol–water partition coefficient (Wildman–Crippen LogP) is 4.38. The normalized spacial score (nSPS) is 27.8. The summed E-state index contributed by atoms with van der Waals surface area (Å²) < 4.78 is 0. The van der Waals surface area contributed by atoms with Gasteiger partial charge in [-0.2, -0.15) is 0 Å². The SMILES string of the molecule is CCCC(C)(C)N1CC(C)(CC)NCC1c1ccccc1. The lowest BCUT2D eigenvalue weighted by atomic mass is 9.85. The van der Waals surface area contributed by atoms with Gasteiger partial charge in [-0.15, -0.1) is 0 Å². The molecule has 0 aliphatic carbocycles. The highest BCUT2D eigenvalue weighted by Gasteiger charge is 2.41. The van der Waals surface area contributed by atoms with Gasteiger partial charge in [0.2, 0.25) is 0 Å². The molecule has 0 aromatic heterocycles. The molecule has 2 nitrogen and oxygen atoms in total. The summed E-state index contributed by atoms with van der Waals surface area (Å²) in [6.07, 6.45) is 3.66. The first kappa shape index (κ1) is 16.5. The summed E-state index contributed by atoms with van der Waals surface area (Å²) >= 11 is 0. The second kappa shape index (κ2) is 6.50. The van der Waals surface area contributed by atoms with Gasteiger partial charge in [0, 0.05) is 30.2 Å². The zero-order valence-electron chi connectivity index (χ0n) is 14.4. The Morgan fingerprint density at radius 1 is 1.24 bits per heavy atom. The van der Waals surface area contributed by atoms with E-state index in [9.17, 15) is 0 Å². The van der Waals surface area contributed by atoms with Gasteiger partial charge in [0.1, 0.15) is 0 Å². The van der Waals surface area contributed by atoms with Crippen LogP contribution in [0.1, 0.15) is 65.5 Å². The molecule has 0 radical (unpaired) electrons. The van der Waals surface area contributed by atoms with Crippen LogP contribution in [0.3, 0.4) is 0 Å². The minimum Gasteiger partial charge on any atom is -0.308 e. The minimum absolute atomic E-state index is 0.232. The van der Waals surface area contributed by atoms with E-state index in [1.54, 1.807) is 0 Å². The number of nitrogens with zero attached hydrogens (tertiary/aromatic N) is 1. The van der Waals surface area contributed by atoms with Gasteiger partial charge in [0.15, 0.2) is 0 Å². The largest absolute Gasteiger partial charge is 0.308 e. The van der Waals surface area contributed by atoms with Crippen LogP contribution < -0.4 is 5.32 Å². The standard InChI is InChI=1S/C19H32N2/c1-6-13-18(3,4)21-15-19(5,7-2)20-14-17(21)16-11-9-8-10-12-16/h8-12,17,20H,6-7,13-15H2,1-5H3. The Morgan fingerprint density at radius 3 is 2.48 bits per heavy atom. The molecule has 2 atom stereocenters. The van der Waals surface area contributed by atoms with Crippen molar-refractivity contribution in [3.05, 3.63) is 35.9 Å². The summed E-state index contributed by atoms with van der Waals surface area (Å²) in [7, 11) is 0. The van der Waals surface area contributed by atoms with Gasteiger partial charge in [0.05, 0.1) is 0 Å². The van der Waals surface area contributed by atoms with E-state index in [2.05, 4.69) is 75.2 Å². The predicted molar refractivity (Wildman–Crippen MR) is 91.6 cm³/mol. The Hall–Kier alpha value is -0.860. The summed E-state index contributed by atoms with van der Waals surface area (Å²) in [5.41, 5.74) is 1.91. The molecule has 2 heteroatoms. The maximum atomic E-state index is 3.80. The molecule has 1 aromatic carbocycles. The Morgan fingerprint density at radius 2 is 1.90 bits per heavy atom. The lowest BCUT2D eigenvalue weighted by Crippen LogP contribution is -2.64. The molecule has 118 valence electrons. The van der Waals surface area contributed by atoms with Crippen LogP contribution in [0.5, 0.6) is 0 Å². The van der Waals surface area contributed by atoms with Gasteiger partial charge in [-0.05, 0) is 39.2 Å². The van der Waals surface area contributed by atoms with E-state index < -0.39 is 0 Å². The maximum absolute atomic E-state index is 3.80. The summed E-state index contributed by atoms with van der Waals surface area (Å²) in [5, 5.41) is 3.80. The average Bonchev–Trinajstić information content (AvgIpc) is 2.48. The van der Waals surface area contributed by atoms with Crippen LogP contribution in [0, 0.1) is 0 Å². The van der Waals surface area contributed by atoms with Crippen LogP contribution in [-0.2, 0) is 0 Å². The van der Waals surface area contributed by atoms with Crippen molar-refractivity contribution in [3.63, 3.8) is 0 Å². The zero-order chi connectivity index (χ0) is 15.5. The highest BCUT2D eigenvalue weighted by atomic mass is 15.3. The van der Waals surface area contributed by atoms with Crippen molar-refractivity contribution >= 4 is 0 Å². The third kappa shape index (κ3) is 3.67. The van der Waals surface area contributed by atoms with Crippen LogP contribution in [0.2, 0.25) is 0 Å². The van der Waals surface area contributed by atoms with E-state index in [1.807, 2.05) is 0 Å². The molecule has 0 spiro atoms. The zero-order valence-corrected chi connectivity index (χ0v) is 14.4. The van der Waals surface area contributed by atoms with Crippen LogP contribution in [-0.4, -0.2) is 29.1 Å². The van der Waals surface area contributed by atoms with E-state index >= 15 is 0 Å². The Balaban J connectivity index is 2.30. The summed E-state index contributed by atoms with van der Waals surface area (Å²) in [4.78, 5) is 2.74.